The molecule has 0 unspecified atom stereocenters. The average molecular weight is 461 g/mol. The van der Waals surface area contributed by atoms with Crippen molar-refractivity contribution in [1.29, 1.82) is 0 Å². The van der Waals surface area contributed by atoms with Crippen LogP contribution in [0.3, 0.4) is 0 Å². The molecule has 1 aliphatic heterocycles. The van der Waals surface area contributed by atoms with E-state index < -0.39 is 19.9 Å². The highest BCUT2D eigenvalue weighted by Gasteiger charge is 2.75. The van der Waals surface area contributed by atoms with Crippen molar-refractivity contribution in [2.45, 2.75) is 96.7 Å². The highest BCUT2D eigenvalue weighted by atomic mass is 28.4. The lowest BCUT2D eigenvalue weighted by atomic mass is 9.63. The number of aliphatic hydroxyl groups is 1. The zero-order chi connectivity index (χ0) is 24.6. The molecule has 1 aliphatic carbocycles. The molecule has 2 rings (SSSR count). The van der Waals surface area contributed by atoms with E-state index in [1.165, 1.54) is 6.08 Å². The summed E-state index contributed by atoms with van der Waals surface area (Å²) in [6.07, 6.45) is 8.27. The number of hydrogen-bond acceptors (Lipinski definition) is 4. The number of carboxylic acid groups (broad SMARTS) is 1. The molecule has 32 heavy (non-hydrogen) atoms. The van der Waals surface area contributed by atoms with Gasteiger partial charge in [-0.3, -0.25) is 0 Å². The molecule has 0 aromatic rings. The van der Waals surface area contributed by atoms with E-state index in [4.69, 9.17) is 14.3 Å². The topological polar surface area (TPSA) is 79.3 Å². The molecule has 0 aromatic heterocycles. The van der Waals surface area contributed by atoms with Gasteiger partial charge in [-0.25, -0.2) is 4.79 Å². The molecule has 0 amide bonds. The fourth-order valence-corrected chi connectivity index (χ4v) is 5.87. The highest BCUT2D eigenvalue weighted by molar-refractivity contribution is 6.74. The maximum absolute atomic E-state index is 11.7. The number of carboxylic acids is 1. The van der Waals surface area contributed by atoms with Crippen LogP contribution in [0.5, 0.6) is 0 Å². The van der Waals surface area contributed by atoms with Crippen LogP contribution in [0.25, 0.3) is 0 Å². The van der Waals surface area contributed by atoms with Crippen molar-refractivity contribution < 1.29 is 24.2 Å². The molecule has 1 saturated carbocycles. The Kier molecular flexibility index (Phi) is 7.43. The molecular formula is C26H40O5Si. The van der Waals surface area contributed by atoms with Crippen LogP contribution in [-0.4, -0.2) is 48.4 Å². The second-order valence-corrected chi connectivity index (χ2v) is 16.2. The third-order valence-corrected chi connectivity index (χ3v) is 11.9. The third kappa shape index (κ3) is 5.28. The van der Waals surface area contributed by atoms with Gasteiger partial charge in [0.1, 0.15) is 11.2 Å². The Morgan fingerprint density at radius 2 is 1.88 bits per heavy atom. The van der Waals surface area contributed by atoms with Gasteiger partial charge in [0.25, 0.3) is 0 Å². The summed E-state index contributed by atoms with van der Waals surface area (Å²) >= 11 is 0. The zero-order valence-electron chi connectivity index (χ0n) is 21.1. The quantitative estimate of drug-likeness (QED) is 0.186. The highest BCUT2D eigenvalue weighted by Crippen LogP contribution is 2.66. The average Bonchev–Trinajstić information content (AvgIpc) is 3.22. The van der Waals surface area contributed by atoms with Gasteiger partial charge in [-0.1, -0.05) is 46.5 Å². The molecule has 178 valence electrons. The van der Waals surface area contributed by atoms with Gasteiger partial charge in [0.15, 0.2) is 8.32 Å². The normalized spacial score (nSPS) is 30.5. The second kappa shape index (κ2) is 8.94. The van der Waals surface area contributed by atoms with Crippen LogP contribution in [-0.2, 0) is 14.0 Å². The fraction of sp³-hybridized carbons (Fsp3) is 0.654. The molecule has 1 saturated heterocycles. The zero-order valence-corrected chi connectivity index (χ0v) is 22.1. The standard InChI is InChI=1S/C26H40O5Si/c1-19(14-16-27)11-10-12-20(22(28)29)13-15-26-24(5,6)17-21(18-25(26,7)31-26)30-32(8,9)23(2,3)4/h12-15,21,27H,16-18H2,1-9H3,(H,28,29)/b15-13+,19-14+,20-12-/t21-,25+,26-/m0/s1. The van der Waals surface area contributed by atoms with Crippen molar-refractivity contribution in [3.63, 3.8) is 0 Å². The number of ether oxygens (including phenoxy) is 1. The molecule has 6 heteroatoms. The van der Waals surface area contributed by atoms with Gasteiger partial charge < -0.3 is 19.4 Å². The van der Waals surface area contributed by atoms with Gasteiger partial charge in [-0.2, -0.15) is 0 Å². The Balaban J connectivity index is 2.25. The minimum atomic E-state index is -1.90. The molecule has 0 spiro atoms. The van der Waals surface area contributed by atoms with Crippen molar-refractivity contribution >= 4 is 14.3 Å². The summed E-state index contributed by atoms with van der Waals surface area (Å²) < 4.78 is 13.1. The molecule has 0 bridgehead atoms. The lowest BCUT2D eigenvalue weighted by Crippen LogP contribution is -2.51. The SMILES string of the molecule is C/C(C#C/C=C(/C=C/[C@@]12O[C@]1(C)C[C@@H](O[Si](C)(C)C(C)(C)C)CC2(C)C)C(=O)O)=C\CO. The molecule has 0 aromatic carbocycles. The maximum atomic E-state index is 11.7. The van der Waals surface area contributed by atoms with Gasteiger partial charge in [-0.15, -0.1) is 0 Å². The minimum absolute atomic E-state index is 0.0937. The van der Waals surface area contributed by atoms with E-state index in [1.807, 2.05) is 6.08 Å². The maximum Gasteiger partial charge on any atom is 0.336 e. The van der Waals surface area contributed by atoms with Crippen molar-refractivity contribution in [2.24, 2.45) is 5.41 Å². The van der Waals surface area contributed by atoms with Crippen LogP contribution >= 0.6 is 0 Å². The molecule has 0 radical (unpaired) electrons. The first kappa shape index (κ1) is 26.6. The molecule has 2 fully saturated rings. The second-order valence-electron chi connectivity index (χ2n) is 11.4. The van der Waals surface area contributed by atoms with E-state index in [0.29, 0.717) is 5.57 Å². The monoisotopic (exact) mass is 460 g/mol. The number of fused-ring (bicyclic) bond motifs is 1. The molecular weight excluding hydrogens is 420 g/mol. The van der Waals surface area contributed by atoms with Crippen LogP contribution in [0.1, 0.15) is 61.3 Å². The molecule has 5 nitrogen and oxygen atoms in total. The van der Waals surface area contributed by atoms with E-state index in [-0.39, 0.29) is 34.3 Å². The summed E-state index contributed by atoms with van der Waals surface area (Å²) in [4.78, 5) is 11.7. The van der Waals surface area contributed by atoms with E-state index in [2.05, 4.69) is 66.5 Å². The molecule has 2 N–H and O–H groups in total. The number of allylic oxidation sites excluding steroid dienone is 2. The van der Waals surface area contributed by atoms with Crippen LogP contribution in [0.15, 0.2) is 35.5 Å². The number of aliphatic carboxylic acids is 1. The van der Waals surface area contributed by atoms with Gasteiger partial charge in [0.2, 0.25) is 0 Å². The van der Waals surface area contributed by atoms with Crippen LogP contribution in [0.2, 0.25) is 18.1 Å². The third-order valence-electron chi connectivity index (χ3n) is 7.40. The number of rotatable bonds is 6. The van der Waals surface area contributed by atoms with Gasteiger partial charge in [0.05, 0.1) is 12.2 Å². The predicted molar refractivity (Wildman–Crippen MR) is 131 cm³/mol. The van der Waals surface area contributed by atoms with E-state index in [1.54, 1.807) is 19.1 Å². The summed E-state index contributed by atoms with van der Waals surface area (Å²) in [7, 11) is -1.90. The van der Waals surface area contributed by atoms with Crippen molar-refractivity contribution in [3.05, 3.63) is 35.5 Å². The lowest BCUT2D eigenvalue weighted by Gasteiger charge is -2.45. The first-order valence-electron chi connectivity index (χ1n) is 11.3. The van der Waals surface area contributed by atoms with Gasteiger partial charge >= 0.3 is 5.97 Å². The van der Waals surface area contributed by atoms with Crippen molar-refractivity contribution in [1.82, 2.24) is 0 Å². The molecule has 3 atom stereocenters. The number of aliphatic hydroxyl groups excluding tert-OH is 1. The summed E-state index contributed by atoms with van der Waals surface area (Å²) in [6, 6.07) is 0. The van der Waals surface area contributed by atoms with E-state index >= 15 is 0 Å². The van der Waals surface area contributed by atoms with Crippen LogP contribution in [0, 0.1) is 17.3 Å². The van der Waals surface area contributed by atoms with Crippen LogP contribution < -0.4 is 0 Å². The first-order valence-corrected chi connectivity index (χ1v) is 14.2. The van der Waals surface area contributed by atoms with Crippen molar-refractivity contribution in [3.8, 4) is 11.8 Å². The number of epoxide rings is 1. The van der Waals surface area contributed by atoms with Crippen molar-refractivity contribution in [2.75, 3.05) is 6.61 Å². The first-order chi connectivity index (χ1) is 14.5. The molecule has 2 aliphatic rings. The summed E-state index contributed by atoms with van der Waals surface area (Å²) in [5.74, 6) is 4.55. The summed E-state index contributed by atoms with van der Waals surface area (Å²) in [6.45, 7) is 19.4. The fourth-order valence-electron chi connectivity index (χ4n) is 4.52. The Bertz CT molecular complexity index is 893. The van der Waals surface area contributed by atoms with E-state index in [0.717, 1.165) is 12.8 Å². The minimum Gasteiger partial charge on any atom is -0.478 e. The van der Waals surface area contributed by atoms with Crippen LogP contribution in [0.4, 0.5) is 0 Å². The number of carbonyl (C=O) groups is 1. The van der Waals surface area contributed by atoms with Gasteiger partial charge in [0, 0.05) is 24.0 Å². The lowest BCUT2D eigenvalue weighted by molar-refractivity contribution is -0.132. The Hall–Kier alpha value is -1.65. The Morgan fingerprint density at radius 3 is 2.38 bits per heavy atom. The largest absolute Gasteiger partial charge is 0.478 e. The smallest absolute Gasteiger partial charge is 0.336 e. The summed E-state index contributed by atoms with van der Waals surface area (Å²) in [5.41, 5.74) is -0.317. The molecule has 1 heterocycles. The Labute approximate surface area is 194 Å². The Morgan fingerprint density at radius 1 is 1.25 bits per heavy atom. The number of hydrogen-bond donors (Lipinski definition) is 2. The summed E-state index contributed by atoms with van der Waals surface area (Å²) in [5, 5.41) is 18.7. The predicted octanol–water partition coefficient (Wildman–Crippen LogP) is 5.23. The van der Waals surface area contributed by atoms with Gasteiger partial charge in [-0.05, 0) is 62.2 Å². The van der Waals surface area contributed by atoms with E-state index in [9.17, 15) is 9.90 Å².